The molecule has 2 aromatic rings. The van der Waals surface area contributed by atoms with Crippen LogP contribution in [-0.4, -0.2) is 13.1 Å². The SMILES string of the molecule is COC(=O)c1cc(-c2cc(F)cc(F)c2)ccc1N. The smallest absolute Gasteiger partial charge is 0.339 e. The summed E-state index contributed by atoms with van der Waals surface area (Å²) in [5.41, 5.74) is 6.86. The van der Waals surface area contributed by atoms with Crippen LogP contribution in [0.4, 0.5) is 14.5 Å². The van der Waals surface area contributed by atoms with Crippen molar-refractivity contribution in [2.75, 3.05) is 12.8 Å². The minimum atomic E-state index is -0.688. The van der Waals surface area contributed by atoms with Crippen molar-refractivity contribution in [1.82, 2.24) is 0 Å². The summed E-state index contributed by atoms with van der Waals surface area (Å²) in [4.78, 5) is 11.5. The van der Waals surface area contributed by atoms with E-state index >= 15 is 0 Å². The van der Waals surface area contributed by atoms with Crippen molar-refractivity contribution in [2.24, 2.45) is 0 Å². The number of halogens is 2. The van der Waals surface area contributed by atoms with Crippen molar-refractivity contribution in [2.45, 2.75) is 0 Å². The van der Waals surface area contributed by atoms with Gasteiger partial charge in [-0.15, -0.1) is 0 Å². The molecule has 0 heterocycles. The predicted molar refractivity (Wildman–Crippen MR) is 67.5 cm³/mol. The third-order valence-electron chi connectivity index (χ3n) is 2.65. The van der Waals surface area contributed by atoms with Gasteiger partial charge in [0.15, 0.2) is 0 Å². The fraction of sp³-hybridized carbons (Fsp3) is 0.0714. The number of carbonyl (C=O) groups excluding carboxylic acids is 1. The quantitative estimate of drug-likeness (QED) is 0.669. The van der Waals surface area contributed by atoms with E-state index in [1.54, 1.807) is 6.07 Å². The number of benzene rings is 2. The molecule has 98 valence electrons. The molecule has 5 heteroatoms. The molecular formula is C14H11F2NO2. The average Bonchev–Trinajstić information content (AvgIpc) is 2.37. The first-order valence-electron chi connectivity index (χ1n) is 5.45. The number of rotatable bonds is 2. The van der Waals surface area contributed by atoms with Gasteiger partial charge in [0.25, 0.3) is 0 Å². The number of ether oxygens (including phenoxy) is 1. The first-order valence-corrected chi connectivity index (χ1v) is 5.45. The van der Waals surface area contributed by atoms with Gasteiger partial charge in [-0.3, -0.25) is 0 Å². The number of esters is 1. The first kappa shape index (κ1) is 13.0. The van der Waals surface area contributed by atoms with Crippen molar-refractivity contribution in [3.63, 3.8) is 0 Å². The van der Waals surface area contributed by atoms with Gasteiger partial charge in [0.05, 0.1) is 12.7 Å². The lowest BCUT2D eigenvalue weighted by atomic mass is 10.0. The molecule has 2 N–H and O–H groups in total. The van der Waals surface area contributed by atoms with E-state index in [2.05, 4.69) is 4.74 Å². The second kappa shape index (κ2) is 5.06. The molecule has 19 heavy (non-hydrogen) atoms. The van der Waals surface area contributed by atoms with Crippen LogP contribution in [0.3, 0.4) is 0 Å². The summed E-state index contributed by atoms with van der Waals surface area (Å²) in [6.07, 6.45) is 0. The molecule has 0 atom stereocenters. The van der Waals surface area contributed by atoms with Crippen LogP contribution in [0.5, 0.6) is 0 Å². The Morgan fingerprint density at radius 3 is 2.26 bits per heavy atom. The number of carbonyl (C=O) groups is 1. The predicted octanol–water partition coefficient (Wildman–Crippen LogP) is 3.00. The maximum Gasteiger partial charge on any atom is 0.339 e. The van der Waals surface area contributed by atoms with Gasteiger partial charge < -0.3 is 10.5 Å². The zero-order valence-electron chi connectivity index (χ0n) is 10.1. The van der Waals surface area contributed by atoms with Crippen molar-refractivity contribution in [3.8, 4) is 11.1 Å². The van der Waals surface area contributed by atoms with Crippen molar-refractivity contribution in [1.29, 1.82) is 0 Å². The lowest BCUT2D eigenvalue weighted by molar-refractivity contribution is 0.0602. The van der Waals surface area contributed by atoms with Crippen LogP contribution in [0.15, 0.2) is 36.4 Å². The normalized spacial score (nSPS) is 10.3. The maximum atomic E-state index is 13.2. The Bertz CT molecular complexity index is 621. The van der Waals surface area contributed by atoms with Crippen LogP contribution in [0.25, 0.3) is 11.1 Å². The molecule has 0 saturated heterocycles. The Labute approximate surface area is 108 Å². The highest BCUT2D eigenvalue weighted by atomic mass is 19.1. The van der Waals surface area contributed by atoms with Crippen LogP contribution < -0.4 is 5.73 Å². The van der Waals surface area contributed by atoms with Crippen LogP contribution in [0, 0.1) is 11.6 Å². The lowest BCUT2D eigenvalue weighted by Crippen LogP contribution is -2.05. The number of anilines is 1. The largest absolute Gasteiger partial charge is 0.465 e. The molecule has 2 aromatic carbocycles. The zero-order valence-corrected chi connectivity index (χ0v) is 10.1. The molecule has 0 aliphatic heterocycles. The molecule has 2 rings (SSSR count). The number of methoxy groups -OCH3 is 1. The van der Waals surface area contributed by atoms with Gasteiger partial charge in [-0.05, 0) is 35.4 Å². The van der Waals surface area contributed by atoms with Gasteiger partial charge in [-0.25, -0.2) is 13.6 Å². The van der Waals surface area contributed by atoms with Crippen LogP contribution in [0.1, 0.15) is 10.4 Å². The molecule has 0 amide bonds. The topological polar surface area (TPSA) is 52.3 Å². The van der Waals surface area contributed by atoms with E-state index in [9.17, 15) is 13.6 Å². The minimum Gasteiger partial charge on any atom is -0.465 e. The molecule has 0 aromatic heterocycles. The molecule has 0 aliphatic rings. The number of hydrogen-bond donors (Lipinski definition) is 1. The summed E-state index contributed by atoms with van der Waals surface area (Å²) in [7, 11) is 1.23. The van der Waals surface area contributed by atoms with Crippen LogP contribution in [-0.2, 0) is 4.74 Å². The van der Waals surface area contributed by atoms with Crippen molar-refractivity contribution in [3.05, 3.63) is 53.6 Å². The first-order chi connectivity index (χ1) is 9.01. The summed E-state index contributed by atoms with van der Waals surface area (Å²) < 4.78 is 30.9. The summed E-state index contributed by atoms with van der Waals surface area (Å²) >= 11 is 0. The standard InChI is InChI=1S/C14H11F2NO2/c1-19-14(18)12-6-8(2-3-13(12)17)9-4-10(15)7-11(16)5-9/h2-7H,17H2,1H3. The monoisotopic (exact) mass is 263 g/mol. The van der Waals surface area contributed by atoms with Gasteiger partial charge in [-0.2, -0.15) is 0 Å². The van der Waals surface area contributed by atoms with E-state index in [4.69, 9.17) is 5.73 Å². The molecule has 0 unspecified atom stereocenters. The molecule has 0 spiro atoms. The Morgan fingerprint density at radius 1 is 1.05 bits per heavy atom. The third kappa shape index (κ3) is 2.70. The van der Waals surface area contributed by atoms with E-state index in [1.165, 1.54) is 31.4 Å². The average molecular weight is 263 g/mol. The molecular weight excluding hydrogens is 252 g/mol. The molecule has 3 nitrogen and oxygen atoms in total. The fourth-order valence-electron chi connectivity index (χ4n) is 1.74. The Morgan fingerprint density at radius 2 is 1.68 bits per heavy atom. The van der Waals surface area contributed by atoms with Crippen LogP contribution in [0.2, 0.25) is 0 Å². The molecule has 0 fully saturated rings. The highest BCUT2D eigenvalue weighted by molar-refractivity contribution is 5.96. The molecule has 0 saturated carbocycles. The molecule has 0 radical (unpaired) electrons. The van der Waals surface area contributed by atoms with Crippen molar-refractivity contribution < 1.29 is 18.3 Å². The minimum absolute atomic E-state index is 0.157. The van der Waals surface area contributed by atoms with E-state index < -0.39 is 17.6 Å². The van der Waals surface area contributed by atoms with Crippen molar-refractivity contribution >= 4 is 11.7 Å². The van der Waals surface area contributed by atoms with E-state index in [-0.39, 0.29) is 11.3 Å². The van der Waals surface area contributed by atoms with Gasteiger partial charge >= 0.3 is 5.97 Å². The second-order valence-electron chi connectivity index (χ2n) is 3.95. The van der Waals surface area contributed by atoms with Crippen LogP contribution >= 0.6 is 0 Å². The summed E-state index contributed by atoms with van der Waals surface area (Å²) in [5, 5.41) is 0. The third-order valence-corrected chi connectivity index (χ3v) is 2.65. The molecule has 0 bridgehead atoms. The number of nitrogen functional groups attached to an aromatic ring is 1. The highest BCUT2D eigenvalue weighted by Gasteiger charge is 2.12. The summed E-state index contributed by atoms with van der Waals surface area (Å²) in [6.45, 7) is 0. The zero-order chi connectivity index (χ0) is 14.0. The Kier molecular flexibility index (Phi) is 3.46. The Balaban J connectivity index is 2.54. The van der Waals surface area contributed by atoms with Gasteiger partial charge in [0, 0.05) is 11.8 Å². The molecule has 0 aliphatic carbocycles. The van der Waals surface area contributed by atoms with E-state index in [0.717, 1.165) is 6.07 Å². The maximum absolute atomic E-state index is 13.2. The number of nitrogens with two attached hydrogens (primary N) is 1. The fourth-order valence-corrected chi connectivity index (χ4v) is 1.74. The van der Waals surface area contributed by atoms with E-state index in [1.807, 2.05) is 0 Å². The highest BCUT2D eigenvalue weighted by Crippen LogP contribution is 2.25. The van der Waals surface area contributed by atoms with Gasteiger partial charge in [-0.1, -0.05) is 6.07 Å². The summed E-state index contributed by atoms with van der Waals surface area (Å²) in [6, 6.07) is 7.64. The Hall–Kier alpha value is -2.43. The number of hydrogen-bond acceptors (Lipinski definition) is 3. The van der Waals surface area contributed by atoms with Gasteiger partial charge in [0.2, 0.25) is 0 Å². The lowest BCUT2D eigenvalue weighted by Gasteiger charge is -2.07. The second-order valence-corrected chi connectivity index (χ2v) is 3.95. The van der Waals surface area contributed by atoms with E-state index in [0.29, 0.717) is 11.1 Å². The summed E-state index contributed by atoms with van der Waals surface area (Å²) in [5.74, 6) is -1.98. The van der Waals surface area contributed by atoms with Gasteiger partial charge in [0.1, 0.15) is 11.6 Å².